The van der Waals surface area contributed by atoms with Crippen LogP contribution in [0.3, 0.4) is 0 Å². The van der Waals surface area contributed by atoms with E-state index in [1.165, 1.54) is 13.2 Å². The van der Waals surface area contributed by atoms with Crippen molar-refractivity contribution in [2.45, 2.75) is 6.04 Å². The largest absolute Gasteiger partial charge is 0.496 e. The standard InChI is InChI=1S/C10H10FNO3.ClH/c1-14-8-4-2-3-6(11)9(8)7-5-15-10(13)12-7;/h2-4,7H,5H2,1H3,(H,12,13);1H/t7-;/m1./s1. The Kier molecular flexibility index (Phi) is 3.95. The lowest BCUT2D eigenvalue weighted by atomic mass is 10.1. The van der Waals surface area contributed by atoms with E-state index in [0.29, 0.717) is 11.3 Å². The number of cyclic esters (lactones) is 1. The highest BCUT2D eigenvalue weighted by Crippen LogP contribution is 2.29. The minimum absolute atomic E-state index is 0. The third-order valence-electron chi connectivity index (χ3n) is 2.25. The molecule has 1 fully saturated rings. The molecular weight excluding hydrogens is 237 g/mol. The Bertz CT molecular complexity index is 400. The zero-order chi connectivity index (χ0) is 10.8. The van der Waals surface area contributed by atoms with Gasteiger partial charge in [-0.3, -0.25) is 0 Å². The quantitative estimate of drug-likeness (QED) is 0.870. The minimum Gasteiger partial charge on any atom is -0.496 e. The Labute approximate surface area is 98.1 Å². The van der Waals surface area contributed by atoms with E-state index >= 15 is 0 Å². The van der Waals surface area contributed by atoms with Crippen LogP contribution in [0.2, 0.25) is 0 Å². The Balaban J connectivity index is 0.00000128. The van der Waals surface area contributed by atoms with Crippen LogP contribution >= 0.6 is 12.4 Å². The molecule has 1 aromatic carbocycles. The van der Waals surface area contributed by atoms with Gasteiger partial charge in [0.15, 0.2) is 0 Å². The molecule has 88 valence electrons. The van der Waals surface area contributed by atoms with Gasteiger partial charge in [0.25, 0.3) is 0 Å². The summed E-state index contributed by atoms with van der Waals surface area (Å²) in [5.74, 6) is -0.00375. The topological polar surface area (TPSA) is 47.6 Å². The summed E-state index contributed by atoms with van der Waals surface area (Å²) in [6, 6.07) is 4.04. The maximum absolute atomic E-state index is 13.5. The second-order valence-corrected chi connectivity index (χ2v) is 3.15. The summed E-state index contributed by atoms with van der Waals surface area (Å²) in [5, 5.41) is 2.50. The molecule has 1 atom stereocenters. The van der Waals surface area contributed by atoms with Crippen LogP contribution in [0.1, 0.15) is 11.6 Å². The van der Waals surface area contributed by atoms with Crippen molar-refractivity contribution in [1.29, 1.82) is 0 Å². The average Bonchev–Trinajstić information content (AvgIpc) is 2.64. The number of methoxy groups -OCH3 is 1. The molecule has 6 heteroatoms. The van der Waals surface area contributed by atoms with Crippen molar-refractivity contribution in [3.63, 3.8) is 0 Å². The van der Waals surface area contributed by atoms with Gasteiger partial charge >= 0.3 is 6.09 Å². The number of nitrogens with one attached hydrogen (secondary N) is 1. The SMILES string of the molecule is COc1cccc(F)c1[C@H]1COC(=O)N1.Cl. The molecule has 0 unspecified atom stereocenters. The van der Waals surface area contributed by atoms with Crippen LogP contribution in [-0.2, 0) is 4.74 Å². The maximum atomic E-state index is 13.5. The maximum Gasteiger partial charge on any atom is 0.407 e. The summed E-state index contributed by atoms with van der Waals surface area (Å²) >= 11 is 0. The van der Waals surface area contributed by atoms with Gasteiger partial charge in [0.1, 0.15) is 18.2 Å². The first-order valence-corrected chi connectivity index (χ1v) is 4.48. The van der Waals surface area contributed by atoms with Gasteiger partial charge in [0.2, 0.25) is 0 Å². The zero-order valence-corrected chi connectivity index (χ0v) is 9.34. The minimum atomic E-state index is -0.537. The van der Waals surface area contributed by atoms with Crippen LogP contribution in [0.25, 0.3) is 0 Å². The molecule has 1 N–H and O–H groups in total. The number of carbonyl (C=O) groups excluding carboxylic acids is 1. The smallest absolute Gasteiger partial charge is 0.407 e. The number of ether oxygens (including phenoxy) is 2. The second kappa shape index (κ2) is 5.03. The lowest BCUT2D eigenvalue weighted by Crippen LogP contribution is -2.20. The van der Waals surface area contributed by atoms with Gasteiger partial charge in [0, 0.05) is 0 Å². The molecule has 4 nitrogen and oxygen atoms in total. The van der Waals surface area contributed by atoms with Crippen LogP contribution in [0, 0.1) is 5.82 Å². The molecule has 0 radical (unpaired) electrons. The average molecular weight is 248 g/mol. The van der Waals surface area contributed by atoms with Gasteiger partial charge in [-0.1, -0.05) is 6.07 Å². The van der Waals surface area contributed by atoms with Gasteiger partial charge in [-0.05, 0) is 12.1 Å². The summed E-state index contributed by atoms with van der Waals surface area (Å²) in [6.45, 7) is 0.121. The Morgan fingerprint density at radius 1 is 1.56 bits per heavy atom. The molecule has 1 aliphatic heterocycles. The number of halogens is 2. The zero-order valence-electron chi connectivity index (χ0n) is 8.53. The van der Waals surface area contributed by atoms with Crippen LogP contribution in [0.4, 0.5) is 9.18 Å². The fraction of sp³-hybridized carbons (Fsp3) is 0.300. The molecular formula is C10H11ClFNO3. The highest BCUT2D eigenvalue weighted by Gasteiger charge is 2.28. The number of alkyl carbamates (subject to hydrolysis) is 1. The number of rotatable bonds is 2. The monoisotopic (exact) mass is 247 g/mol. The number of benzene rings is 1. The van der Waals surface area contributed by atoms with Crippen molar-refractivity contribution in [3.05, 3.63) is 29.6 Å². The summed E-state index contributed by atoms with van der Waals surface area (Å²) in [7, 11) is 1.45. The number of amides is 1. The fourth-order valence-corrected chi connectivity index (χ4v) is 1.57. The van der Waals surface area contributed by atoms with E-state index in [2.05, 4.69) is 5.32 Å². The summed E-state index contributed by atoms with van der Waals surface area (Å²) in [5.41, 5.74) is 0.325. The first-order chi connectivity index (χ1) is 7.22. The van der Waals surface area contributed by atoms with Gasteiger partial charge in [-0.2, -0.15) is 0 Å². The first kappa shape index (κ1) is 12.6. The van der Waals surface area contributed by atoms with Gasteiger partial charge in [-0.25, -0.2) is 9.18 Å². The summed E-state index contributed by atoms with van der Waals surface area (Å²) < 4.78 is 23.3. The van der Waals surface area contributed by atoms with Crippen LogP contribution in [-0.4, -0.2) is 19.8 Å². The molecule has 0 aliphatic carbocycles. The molecule has 1 amide bonds. The third kappa shape index (κ3) is 2.19. The van der Waals surface area contributed by atoms with Crippen molar-refractivity contribution in [1.82, 2.24) is 5.32 Å². The van der Waals surface area contributed by atoms with Crippen LogP contribution < -0.4 is 10.1 Å². The van der Waals surface area contributed by atoms with Gasteiger partial charge in [-0.15, -0.1) is 12.4 Å². The molecule has 2 rings (SSSR count). The van der Waals surface area contributed by atoms with E-state index in [0.717, 1.165) is 0 Å². The van der Waals surface area contributed by atoms with E-state index in [1.807, 2.05) is 0 Å². The Morgan fingerprint density at radius 2 is 2.31 bits per heavy atom. The van der Waals surface area contributed by atoms with Crippen LogP contribution in [0.15, 0.2) is 18.2 Å². The first-order valence-electron chi connectivity index (χ1n) is 4.48. The molecule has 1 saturated heterocycles. The highest BCUT2D eigenvalue weighted by atomic mass is 35.5. The van der Waals surface area contributed by atoms with Crippen molar-refractivity contribution in [3.8, 4) is 5.75 Å². The van der Waals surface area contributed by atoms with E-state index < -0.39 is 18.0 Å². The molecule has 0 spiro atoms. The second-order valence-electron chi connectivity index (χ2n) is 3.15. The van der Waals surface area contributed by atoms with Crippen molar-refractivity contribution in [2.75, 3.05) is 13.7 Å². The molecule has 1 heterocycles. The van der Waals surface area contributed by atoms with Crippen molar-refractivity contribution >= 4 is 18.5 Å². The molecule has 1 aliphatic rings. The van der Waals surface area contributed by atoms with E-state index in [4.69, 9.17) is 9.47 Å². The number of hydrogen-bond donors (Lipinski definition) is 1. The summed E-state index contributed by atoms with van der Waals surface area (Å²) in [6.07, 6.45) is -0.537. The molecule has 16 heavy (non-hydrogen) atoms. The lowest BCUT2D eigenvalue weighted by Gasteiger charge is -2.13. The predicted molar refractivity (Wildman–Crippen MR) is 57.4 cm³/mol. The fourth-order valence-electron chi connectivity index (χ4n) is 1.57. The predicted octanol–water partition coefficient (Wildman–Crippen LogP) is 2.04. The van der Waals surface area contributed by atoms with E-state index in [1.54, 1.807) is 12.1 Å². The van der Waals surface area contributed by atoms with Gasteiger partial charge < -0.3 is 14.8 Å². The Hall–Kier alpha value is -1.49. The van der Waals surface area contributed by atoms with Crippen molar-refractivity contribution < 1.29 is 18.7 Å². The van der Waals surface area contributed by atoms with Gasteiger partial charge in [0.05, 0.1) is 18.7 Å². The highest BCUT2D eigenvalue weighted by molar-refractivity contribution is 5.85. The number of carbonyl (C=O) groups is 1. The molecule has 0 saturated carbocycles. The van der Waals surface area contributed by atoms with Crippen LogP contribution in [0.5, 0.6) is 5.75 Å². The summed E-state index contributed by atoms with van der Waals surface area (Å²) in [4.78, 5) is 10.8. The molecule has 0 aromatic heterocycles. The lowest BCUT2D eigenvalue weighted by molar-refractivity contribution is 0.176. The normalized spacial score (nSPS) is 18.4. The molecule has 0 bridgehead atoms. The van der Waals surface area contributed by atoms with E-state index in [-0.39, 0.29) is 19.0 Å². The van der Waals surface area contributed by atoms with Crippen molar-refractivity contribution in [2.24, 2.45) is 0 Å². The number of hydrogen-bond acceptors (Lipinski definition) is 3. The van der Waals surface area contributed by atoms with E-state index in [9.17, 15) is 9.18 Å². The third-order valence-corrected chi connectivity index (χ3v) is 2.25. The Morgan fingerprint density at radius 3 is 2.88 bits per heavy atom. The molecule has 1 aromatic rings.